The molecule has 0 radical (unpaired) electrons. The van der Waals surface area contributed by atoms with Crippen molar-refractivity contribution in [1.29, 1.82) is 0 Å². The average Bonchev–Trinajstić information content (AvgIpc) is 3.22. The number of pyridine rings is 1. The number of fused-ring (bicyclic) bond motifs is 3. The van der Waals surface area contributed by atoms with E-state index in [1.807, 2.05) is 19.2 Å². The van der Waals surface area contributed by atoms with E-state index in [0.29, 0.717) is 5.82 Å². The van der Waals surface area contributed by atoms with E-state index < -0.39 is 0 Å². The van der Waals surface area contributed by atoms with E-state index in [-0.39, 0.29) is 0 Å². The number of nitrogen functional groups attached to an aromatic ring is 1. The number of aromatic amines is 2. The summed E-state index contributed by atoms with van der Waals surface area (Å²) in [6.07, 6.45) is 2.59. The third-order valence-electron chi connectivity index (χ3n) is 4.03. The van der Waals surface area contributed by atoms with Gasteiger partial charge in [-0.05, 0) is 19.2 Å². The van der Waals surface area contributed by atoms with E-state index in [0.717, 1.165) is 51.7 Å². The molecular weight excluding hydrogens is 290 g/mol. The highest BCUT2D eigenvalue weighted by atomic mass is 15.1. The van der Waals surface area contributed by atoms with Gasteiger partial charge in [-0.3, -0.25) is 10.2 Å². The fraction of sp³-hybridized carbons (Fsp3) is 0.188. The minimum Gasteiger partial charge on any atom is -0.382 e. The van der Waals surface area contributed by atoms with Gasteiger partial charge in [0.2, 0.25) is 0 Å². The van der Waals surface area contributed by atoms with E-state index >= 15 is 0 Å². The molecule has 0 bridgehead atoms. The molecule has 23 heavy (non-hydrogen) atoms. The zero-order chi connectivity index (χ0) is 15.8. The molecule has 3 aromatic heterocycles. The van der Waals surface area contributed by atoms with Crippen LogP contribution >= 0.6 is 0 Å². The number of likely N-dealkylation sites (N-methyl/N-ethyl adjacent to an activating group) is 1. The highest BCUT2D eigenvalue weighted by molar-refractivity contribution is 6.10. The van der Waals surface area contributed by atoms with Gasteiger partial charge in [0.15, 0.2) is 5.82 Å². The molecule has 0 fully saturated rings. The van der Waals surface area contributed by atoms with Crippen LogP contribution in [0.4, 0.5) is 5.82 Å². The summed E-state index contributed by atoms with van der Waals surface area (Å²) in [6.45, 7) is 0.868. The van der Waals surface area contributed by atoms with Crippen molar-refractivity contribution in [3.8, 4) is 11.3 Å². The third kappa shape index (κ3) is 2.22. The smallest absolute Gasteiger partial charge is 0.152 e. The Kier molecular flexibility index (Phi) is 3.20. The monoisotopic (exact) mass is 307 g/mol. The highest BCUT2D eigenvalue weighted by Gasteiger charge is 2.14. The standard InChI is InChI=1S/C16H17N7/c1-18-6-4-12-14-10-3-2-9(11-5-7-19-21-11)8-13(10)20-16(17)15(14)23-22-12/h2-3,5,7-8,18H,4,6H2,1H3,(H2,17,20)(H,19,21)(H,22,23). The Hall–Kier alpha value is -2.93. The lowest BCUT2D eigenvalue weighted by atomic mass is 10.0. The first-order valence-corrected chi connectivity index (χ1v) is 7.48. The van der Waals surface area contributed by atoms with Crippen molar-refractivity contribution < 1.29 is 0 Å². The Morgan fingerprint density at radius 1 is 1.22 bits per heavy atom. The van der Waals surface area contributed by atoms with Gasteiger partial charge in [-0.15, -0.1) is 0 Å². The number of rotatable bonds is 4. The fourth-order valence-electron chi connectivity index (χ4n) is 2.89. The minimum atomic E-state index is 0.446. The Balaban J connectivity index is 1.95. The lowest BCUT2D eigenvalue weighted by Crippen LogP contribution is -2.10. The van der Waals surface area contributed by atoms with Crippen LogP contribution in [-0.2, 0) is 6.42 Å². The van der Waals surface area contributed by atoms with Gasteiger partial charge in [0.1, 0.15) is 5.52 Å². The third-order valence-corrected chi connectivity index (χ3v) is 4.03. The molecule has 7 nitrogen and oxygen atoms in total. The van der Waals surface area contributed by atoms with Crippen LogP contribution in [0.2, 0.25) is 0 Å². The maximum absolute atomic E-state index is 6.10. The zero-order valence-electron chi connectivity index (χ0n) is 12.7. The van der Waals surface area contributed by atoms with Crippen molar-refractivity contribution in [2.75, 3.05) is 19.3 Å². The van der Waals surface area contributed by atoms with Gasteiger partial charge in [0, 0.05) is 41.2 Å². The molecular formula is C16H17N7. The van der Waals surface area contributed by atoms with E-state index in [1.165, 1.54) is 0 Å². The molecule has 4 rings (SSSR count). The first-order chi connectivity index (χ1) is 11.3. The van der Waals surface area contributed by atoms with Gasteiger partial charge < -0.3 is 11.1 Å². The molecule has 0 atom stereocenters. The Morgan fingerprint density at radius 3 is 2.91 bits per heavy atom. The van der Waals surface area contributed by atoms with Crippen molar-refractivity contribution in [3.63, 3.8) is 0 Å². The number of nitrogens with zero attached hydrogens (tertiary/aromatic N) is 3. The molecule has 0 aliphatic rings. The number of hydrogen-bond donors (Lipinski definition) is 4. The highest BCUT2D eigenvalue weighted by Crippen LogP contribution is 2.31. The number of anilines is 1. The molecule has 7 heteroatoms. The number of H-pyrrole nitrogens is 2. The first kappa shape index (κ1) is 13.7. The normalized spacial score (nSPS) is 11.5. The van der Waals surface area contributed by atoms with Crippen LogP contribution in [0.1, 0.15) is 5.69 Å². The van der Waals surface area contributed by atoms with Crippen molar-refractivity contribution in [3.05, 3.63) is 36.2 Å². The molecule has 5 N–H and O–H groups in total. The van der Waals surface area contributed by atoms with Gasteiger partial charge in [-0.2, -0.15) is 10.2 Å². The maximum Gasteiger partial charge on any atom is 0.152 e. The first-order valence-electron chi connectivity index (χ1n) is 7.48. The molecule has 0 unspecified atom stereocenters. The molecule has 3 heterocycles. The Labute approximate surface area is 132 Å². The van der Waals surface area contributed by atoms with Crippen LogP contribution < -0.4 is 11.1 Å². The summed E-state index contributed by atoms with van der Waals surface area (Å²) in [7, 11) is 1.93. The summed E-state index contributed by atoms with van der Waals surface area (Å²) in [5.41, 5.74) is 10.7. The van der Waals surface area contributed by atoms with Crippen LogP contribution in [0.25, 0.3) is 33.1 Å². The van der Waals surface area contributed by atoms with Crippen LogP contribution in [0, 0.1) is 0 Å². The summed E-state index contributed by atoms with van der Waals surface area (Å²) in [5, 5.41) is 19.7. The lowest BCUT2D eigenvalue weighted by Gasteiger charge is -2.06. The van der Waals surface area contributed by atoms with Crippen molar-refractivity contribution >= 4 is 27.6 Å². The number of hydrogen-bond acceptors (Lipinski definition) is 5. The van der Waals surface area contributed by atoms with Gasteiger partial charge >= 0.3 is 0 Å². The summed E-state index contributed by atoms with van der Waals surface area (Å²) in [6, 6.07) is 8.08. The molecule has 0 spiro atoms. The summed E-state index contributed by atoms with van der Waals surface area (Å²) < 4.78 is 0. The number of nitrogens with one attached hydrogen (secondary N) is 3. The second-order valence-corrected chi connectivity index (χ2v) is 5.48. The van der Waals surface area contributed by atoms with Gasteiger partial charge in [0.25, 0.3) is 0 Å². The molecule has 0 saturated carbocycles. The molecule has 4 aromatic rings. The maximum atomic E-state index is 6.10. The van der Waals surface area contributed by atoms with Gasteiger partial charge in [-0.25, -0.2) is 4.98 Å². The SMILES string of the molecule is CNCCc1[nH]nc2c(N)nc3cc(-c4ccn[nH]4)ccc3c12. The Bertz CT molecular complexity index is 969. The molecule has 116 valence electrons. The number of aromatic nitrogens is 5. The van der Waals surface area contributed by atoms with E-state index in [4.69, 9.17) is 5.73 Å². The van der Waals surface area contributed by atoms with Gasteiger partial charge in [-0.1, -0.05) is 12.1 Å². The fourth-order valence-corrected chi connectivity index (χ4v) is 2.89. The molecule has 0 aliphatic heterocycles. The second-order valence-electron chi connectivity index (χ2n) is 5.48. The van der Waals surface area contributed by atoms with Crippen LogP contribution in [0.5, 0.6) is 0 Å². The van der Waals surface area contributed by atoms with Gasteiger partial charge in [0.05, 0.1) is 11.2 Å². The second kappa shape index (κ2) is 5.36. The quantitative estimate of drug-likeness (QED) is 0.460. The average molecular weight is 307 g/mol. The van der Waals surface area contributed by atoms with Crippen molar-refractivity contribution in [1.82, 2.24) is 30.7 Å². The lowest BCUT2D eigenvalue weighted by molar-refractivity contribution is 0.776. The largest absolute Gasteiger partial charge is 0.382 e. The van der Waals surface area contributed by atoms with Crippen molar-refractivity contribution in [2.45, 2.75) is 6.42 Å². The predicted molar refractivity (Wildman–Crippen MR) is 91.0 cm³/mol. The van der Waals surface area contributed by atoms with Crippen LogP contribution in [-0.4, -0.2) is 39.0 Å². The van der Waals surface area contributed by atoms with Crippen LogP contribution in [0.3, 0.4) is 0 Å². The van der Waals surface area contributed by atoms with E-state index in [2.05, 4.69) is 42.8 Å². The number of benzene rings is 1. The molecule has 1 aromatic carbocycles. The van der Waals surface area contributed by atoms with Crippen LogP contribution in [0.15, 0.2) is 30.5 Å². The zero-order valence-corrected chi connectivity index (χ0v) is 12.7. The summed E-state index contributed by atoms with van der Waals surface area (Å²) in [4.78, 5) is 4.51. The number of nitrogens with two attached hydrogens (primary N) is 1. The topological polar surface area (TPSA) is 108 Å². The predicted octanol–water partition coefficient (Wildman–Crippen LogP) is 1.85. The molecule has 0 aliphatic carbocycles. The van der Waals surface area contributed by atoms with Crippen molar-refractivity contribution in [2.24, 2.45) is 0 Å². The Morgan fingerprint density at radius 2 is 2.13 bits per heavy atom. The van der Waals surface area contributed by atoms with E-state index in [1.54, 1.807) is 6.20 Å². The molecule has 0 saturated heterocycles. The minimum absolute atomic E-state index is 0.446. The summed E-state index contributed by atoms with van der Waals surface area (Å²) >= 11 is 0. The summed E-state index contributed by atoms with van der Waals surface area (Å²) in [5.74, 6) is 0.446. The molecule has 0 amide bonds. The van der Waals surface area contributed by atoms with E-state index in [9.17, 15) is 0 Å².